The maximum Gasteiger partial charge on any atom is 0.0793 e. The van der Waals surface area contributed by atoms with Gasteiger partial charge in [0.2, 0.25) is 0 Å². The zero-order valence-electron chi connectivity index (χ0n) is 19.9. The first-order valence-electron chi connectivity index (χ1n) is 12.1. The van der Waals surface area contributed by atoms with Crippen molar-refractivity contribution in [2.75, 3.05) is 98.2 Å². The van der Waals surface area contributed by atoms with E-state index < -0.39 is 24.0 Å². The maximum absolute atomic E-state index is 11.2. The van der Waals surface area contributed by atoms with Crippen LogP contribution in [0.4, 0.5) is 0 Å². The highest BCUT2D eigenvalue weighted by molar-refractivity contribution is 5.67. The molecule has 12 heteroatoms. The van der Waals surface area contributed by atoms with Gasteiger partial charge in [0.15, 0.2) is 0 Å². The fourth-order valence-electron chi connectivity index (χ4n) is 4.58. The van der Waals surface area contributed by atoms with Crippen molar-refractivity contribution < 1.29 is 34.8 Å². The van der Waals surface area contributed by atoms with Gasteiger partial charge < -0.3 is 39.7 Å². The normalized spacial score (nSPS) is 22.5. The molecule has 0 aromatic rings. The average Bonchev–Trinajstić information content (AvgIpc) is 2.75. The Balaban J connectivity index is 2.05. The molecule has 0 bridgehead atoms. The summed E-state index contributed by atoms with van der Waals surface area (Å²) in [6.45, 7) is 4.96. The Hall–Kier alpha value is -1.83. The largest absolute Gasteiger partial charge is 0.549 e. The molecular formula is C22H38N5O7-3. The molecule has 0 radical (unpaired) electrons. The van der Waals surface area contributed by atoms with E-state index >= 15 is 0 Å². The van der Waals surface area contributed by atoms with E-state index in [9.17, 15) is 34.8 Å². The average molecular weight is 485 g/mol. The zero-order chi connectivity index (χ0) is 24.9. The van der Waals surface area contributed by atoms with Crippen molar-refractivity contribution in [1.29, 1.82) is 0 Å². The van der Waals surface area contributed by atoms with Crippen LogP contribution in [0, 0.1) is 0 Å². The second-order valence-corrected chi connectivity index (χ2v) is 9.26. The molecule has 2 aliphatic heterocycles. The first-order valence-corrected chi connectivity index (χ1v) is 12.1. The number of carboxylic acids is 3. The first-order chi connectivity index (χ1) is 16.2. The predicted molar refractivity (Wildman–Crippen MR) is 117 cm³/mol. The zero-order valence-corrected chi connectivity index (χ0v) is 19.9. The van der Waals surface area contributed by atoms with Gasteiger partial charge in [-0.25, -0.2) is 0 Å². The van der Waals surface area contributed by atoms with E-state index in [1.807, 2.05) is 4.90 Å². The van der Waals surface area contributed by atoms with Crippen molar-refractivity contribution in [2.24, 2.45) is 0 Å². The molecule has 0 spiro atoms. The molecule has 2 heterocycles. The van der Waals surface area contributed by atoms with Crippen LogP contribution in [0.3, 0.4) is 0 Å². The van der Waals surface area contributed by atoms with E-state index in [1.165, 1.54) is 6.42 Å². The van der Waals surface area contributed by atoms with E-state index in [0.29, 0.717) is 52.4 Å². The van der Waals surface area contributed by atoms with Crippen molar-refractivity contribution in [1.82, 2.24) is 24.5 Å². The van der Waals surface area contributed by atoms with E-state index in [4.69, 9.17) is 0 Å². The van der Waals surface area contributed by atoms with Gasteiger partial charge in [0.25, 0.3) is 0 Å². The lowest BCUT2D eigenvalue weighted by molar-refractivity contribution is -0.308. The van der Waals surface area contributed by atoms with Crippen LogP contribution < -0.4 is 15.3 Å². The molecule has 0 aromatic carbocycles. The fraction of sp³-hybridized carbons (Fsp3) is 0.864. The van der Waals surface area contributed by atoms with Gasteiger partial charge in [0.1, 0.15) is 0 Å². The fourth-order valence-corrected chi connectivity index (χ4v) is 4.58. The standard InChI is InChI=1S/C22H41N5O7/c28-19(14-23-4-2-1-3-5-23)15-24-6-8-25(16-20(29)30)10-12-27(18-22(33)34)13-11-26(9-7-24)17-21(31)32/h19,28H,1-18H2,(H,29,30)(H,31,32)(H,33,34)/p-3. The Morgan fingerprint density at radius 2 is 0.824 bits per heavy atom. The van der Waals surface area contributed by atoms with Crippen LogP contribution >= 0.6 is 0 Å². The maximum atomic E-state index is 11.2. The van der Waals surface area contributed by atoms with E-state index in [2.05, 4.69) is 4.90 Å². The Morgan fingerprint density at radius 3 is 1.15 bits per heavy atom. The first kappa shape index (κ1) is 28.4. The van der Waals surface area contributed by atoms with E-state index in [1.54, 1.807) is 14.7 Å². The molecular weight excluding hydrogens is 446 g/mol. The Bertz CT molecular complexity index is 615. The summed E-state index contributed by atoms with van der Waals surface area (Å²) in [7, 11) is 0. The summed E-state index contributed by atoms with van der Waals surface area (Å²) in [5, 5.41) is 44.3. The molecule has 0 aromatic heterocycles. The Kier molecular flexibility index (Phi) is 12.7. The molecule has 1 N–H and O–H groups in total. The van der Waals surface area contributed by atoms with Gasteiger partial charge in [0, 0.05) is 85.1 Å². The van der Waals surface area contributed by atoms with Crippen molar-refractivity contribution >= 4 is 17.9 Å². The second-order valence-electron chi connectivity index (χ2n) is 9.26. The molecule has 12 nitrogen and oxygen atoms in total. The van der Waals surface area contributed by atoms with Gasteiger partial charge in [-0.15, -0.1) is 0 Å². The number of β-amino-alcohol motifs (C(OH)–C–C–N with tert-alkyl or cyclic N) is 1. The van der Waals surface area contributed by atoms with Crippen molar-refractivity contribution in [3.63, 3.8) is 0 Å². The number of aliphatic hydroxyl groups excluding tert-OH is 1. The molecule has 2 fully saturated rings. The van der Waals surface area contributed by atoms with Crippen LogP contribution in [-0.2, 0) is 14.4 Å². The third-order valence-electron chi connectivity index (χ3n) is 6.37. The van der Waals surface area contributed by atoms with Crippen molar-refractivity contribution in [3.8, 4) is 0 Å². The lowest BCUT2D eigenvalue weighted by Crippen LogP contribution is -2.52. The number of piperidine rings is 1. The highest BCUT2D eigenvalue weighted by Crippen LogP contribution is 2.10. The Labute approximate surface area is 201 Å². The third kappa shape index (κ3) is 12.0. The topological polar surface area (TPSA) is 157 Å². The number of carbonyl (C=O) groups excluding carboxylic acids is 3. The lowest BCUT2D eigenvalue weighted by atomic mass is 10.1. The summed E-state index contributed by atoms with van der Waals surface area (Å²) >= 11 is 0. The van der Waals surface area contributed by atoms with Crippen molar-refractivity contribution in [2.45, 2.75) is 25.4 Å². The minimum Gasteiger partial charge on any atom is -0.549 e. The van der Waals surface area contributed by atoms with Crippen molar-refractivity contribution in [3.05, 3.63) is 0 Å². The highest BCUT2D eigenvalue weighted by Gasteiger charge is 2.20. The monoisotopic (exact) mass is 484 g/mol. The summed E-state index contributed by atoms with van der Waals surface area (Å²) in [6, 6.07) is 0. The van der Waals surface area contributed by atoms with Gasteiger partial charge in [-0.2, -0.15) is 0 Å². The van der Waals surface area contributed by atoms with Gasteiger partial charge in [-0.05, 0) is 25.9 Å². The van der Waals surface area contributed by atoms with Crippen LogP contribution in [0.2, 0.25) is 0 Å². The molecule has 2 saturated heterocycles. The molecule has 2 rings (SSSR count). The molecule has 2 aliphatic rings. The molecule has 34 heavy (non-hydrogen) atoms. The number of aliphatic carboxylic acids is 3. The van der Waals surface area contributed by atoms with Gasteiger partial charge in [0.05, 0.1) is 24.0 Å². The third-order valence-corrected chi connectivity index (χ3v) is 6.37. The number of likely N-dealkylation sites (tertiary alicyclic amines) is 1. The summed E-state index contributed by atoms with van der Waals surface area (Å²) in [5.74, 6) is -3.68. The van der Waals surface area contributed by atoms with Gasteiger partial charge >= 0.3 is 0 Å². The van der Waals surface area contributed by atoms with Gasteiger partial charge in [-0.3, -0.25) is 19.6 Å². The molecule has 0 aliphatic carbocycles. The number of hydrogen-bond acceptors (Lipinski definition) is 12. The SMILES string of the molecule is O=C([O-])CN1CCN(CC(=O)[O-])CCN(CC(O)CN2CCCCC2)CCN(CC(=O)[O-])CC1. The van der Waals surface area contributed by atoms with Gasteiger partial charge in [-0.1, -0.05) is 6.42 Å². The summed E-state index contributed by atoms with van der Waals surface area (Å²) in [6.07, 6.45) is 2.89. The molecule has 1 unspecified atom stereocenters. The van der Waals surface area contributed by atoms with Crippen LogP contribution in [-0.4, -0.2) is 152 Å². The number of carboxylic acid groups (broad SMARTS) is 3. The summed E-state index contributed by atoms with van der Waals surface area (Å²) < 4.78 is 0. The number of aliphatic hydroxyl groups is 1. The van der Waals surface area contributed by atoms with Crippen LogP contribution in [0.15, 0.2) is 0 Å². The molecule has 196 valence electrons. The summed E-state index contributed by atoms with van der Waals surface area (Å²) in [5.41, 5.74) is 0. The highest BCUT2D eigenvalue weighted by atomic mass is 16.4. The number of nitrogens with zero attached hydrogens (tertiary/aromatic N) is 5. The predicted octanol–water partition coefficient (Wildman–Crippen LogP) is -5.70. The minimum absolute atomic E-state index is 0.278. The summed E-state index contributed by atoms with van der Waals surface area (Å²) in [4.78, 5) is 42.9. The molecule has 1 atom stereocenters. The minimum atomic E-state index is -1.25. The Morgan fingerprint density at radius 1 is 0.529 bits per heavy atom. The second kappa shape index (κ2) is 15.2. The smallest absolute Gasteiger partial charge is 0.0793 e. The lowest BCUT2D eigenvalue weighted by Gasteiger charge is -2.36. The molecule has 0 amide bonds. The van der Waals surface area contributed by atoms with Crippen LogP contribution in [0.1, 0.15) is 19.3 Å². The van der Waals surface area contributed by atoms with E-state index in [-0.39, 0.29) is 32.7 Å². The van der Waals surface area contributed by atoms with Crippen LogP contribution in [0.25, 0.3) is 0 Å². The quantitative estimate of drug-likeness (QED) is 0.314. The number of carbonyl (C=O) groups is 3. The number of rotatable bonds is 10. The molecule has 0 saturated carbocycles. The number of hydrogen-bond donors (Lipinski definition) is 1. The van der Waals surface area contributed by atoms with E-state index in [0.717, 1.165) is 25.9 Å². The van der Waals surface area contributed by atoms with Crippen LogP contribution in [0.5, 0.6) is 0 Å².